The van der Waals surface area contributed by atoms with E-state index in [9.17, 15) is 9.59 Å². The molecule has 1 aromatic carbocycles. The van der Waals surface area contributed by atoms with E-state index in [1.54, 1.807) is 18.2 Å². The molecule has 1 heterocycles. The summed E-state index contributed by atoms with van der Waals surface area (Å²) in [5.74, 6) is 2.15. The van der Waals surface area contributed by atoms with Crippen molar-refractivity contribution in [2.24, 2.45) is 17.8 Å². The molecule has 4 rings (SSSR count). The quantitative estimate of drug-likeness (QED) is 0.749. The number of aromatic nitrogens is 2. The second-order valence-corrected chi connectivity index (χ2v) is 7.68. The molecule has 2 aliphatic carbocycles. The van der Waals surface area contributed by atoms with E-state index in [0.29, 0.717) is 22.4 Å². The third-order valence-electron chi connectivity index (χ3n) is 5.80. The van der Waals surface area contributed by atoms with Crippen molar-refractivity contribution in [3.05, 3.63) is 38.9 Å². The number of fused-ring (bicyclic) bond motifs is 3. The first-order valence-electron chi connectivity index (χ1n) is 8.58. The number of amides is 1. The van der Waals surface area contributed by atoms with Crippen molar-refractivity contribution in [1.82, 2.24) is 15.3 Å². The van der Waals surface area contributed by atoms with Crippen LogP contribution in [0.3, 0.4) is 0 Å². The van der Waals surface area contributed by atoms with Crippen LogP contribution in [0.25, 0.3) is 10.9 Å². The fourth-order valence-electron chi connectivity index (χ4n) is 4.61. The predicted molar refractivity (Wildman–Crippen MR) is 95.6 cm³/mol. The zero-order valence-corrected chi connectivity index (χ0v) is 14.4. The minimum atomic E-state index is -0.240. The Morgan fingerprint density at radius 1 is 1.29 bits per heavy atom. The highest BCUT2D eigenvalue weighted by Crippen LogP contribution is 2.49. The normalized spacial score (nSPS) is 26.6. The number of hydrogen-bond donors (Lipinski definition) is 3. The Morgan fingerprint density at radius 2 is 2.12 bits per heavy atom. The lowest BCUT2D eigenvalue weighted by Gasteiger charge is -2.28. The highest BCUT2D eigenvalue weighted by Gasteiger charge is 2.42. The van der Waals surface area contributed by atoms with Crippen molar-refractivity contribution in [2.75, 3.05) is 0 Å². The van der Waals surface area contributed by atoms with Gasteiger partial charge in [-0.1, -0.05) is 6.42 Å². The van der Waals surface area contributed by atoms with Crippen LogP contribution in [0.2, 0.25) is 0 Å². The summed E-state index contributed by atoms with van der Waals surface area (Å²) in [6.45, 7) is 2.11. The molecule has 0 aliphatic heterocycles. The van der Waals surface area contributed by atoms with Gasteiger partial charge in [0.15, 0.2) is 4.77 Å². The fourth-order valence-corrected chi connectivity index (χ4v) is 4.82. The van der Waals surface area contributed by atoms with E-state index >= 15 is 0 Å². The topological polar surface area (TPSA) is 77.8 Å². The van der Waals surface area contributed by atoms with Crippen LogP contribution in [0.15, 0.2) is 23.0 Å². The Hall–Kier alpha value is -1.95. The number of nitrogens with one attached hydrogen (secondary N) is 3. The van der Waals surface area contributed by atoms with Gasteiger partial charge in [0.05, 0.1) is 10.9 Å². The second kappa shape index (κ2) is 5.84. The first-order valence-corrected chi connectivity index (χ1v) is 8.99. The van der Waals surface area contributed by atoms with Gasteiger partial charge in [0.25, 0.3) is 11.5 Å². The Balaban J connectivity index is 1.55. The predicted octanol–water partition coefficient (Wildman–Crippen LogP) is 3.14. The molecule has 0 spiro atoms. The number of rotatable bonds is 3. The number of aromatic amines is 2. The summed E-state index contributed by atoms with van der Waals surface area (Å²) in [5, 5.41) is 3.65. The third kappa shape index (κ3) is 2.69. The van der Waals surface area contributed by atoms with E-state index in [-0.39, 0.29) is 22.3 Å². The molecule has 0 radical (unpaired) electrons. The first-order chi connectivity index (χ1) is 11.5. The molecule has 2 aromatic rings. The van der Waals surface area contributed by atoms with Crippen LogP contribution in [0.1, 0.15) is 43.0 Å². The summed E-state index contributed by atoms with van der Waals surface area (Å²) in [5.41, 5.74) is 0.897. The maximum absolute atomic E-state index is 12.6. The van der Waals surface area contributed by atoms with Crippen LogP contribution in [0.5, 0.6) is 0 Å². The van der Waals surface area contributed by atoms with Gasteiger partial charge in [0, 0.05) is 11.6 Å². The van der Waals surface area contributed by atoms with Gasteiger partial charge >= 0.3 is 0 Å². The van der Waals surface area contributed by atoms with Crippen LogP contribution in [-0.2, 0) is 0 Å². The smallest absolute Gasteiger partial charge is 0.259 e. The molecule has 0 unspecified atom stereocenters. The number of benzene rings is 1. The molecule has 24 heavy (non-hydrogen) atoms. The highest BCUT2D eigenvalue weighted by atomic mass is 32.1. The van der Waals surface area contributed by atoms with Gasteiger partial charge in [-0.3, -0.25) is 14.6 Å². The van der Waals surface area contributed by atoms with Crippen LogP contribution < -0.4 is 10.9 Å². The lowest BCUT2D eigenvalue weighted by Crippen LogP contribution is -2.40. The largest absolute Gasteiger partial charge is 0.349 e. The number of hydrogen-bond acceptors (Lipinski definition) is 3. The van der Waals surface area contributed by atoms with Crippen molar-refractivity contribution < 1.29 is 4.79 Å². The average Bonchev–Trinajstić information content (AvgIpc) is 3.17. The van der Waals surface area contributed by atoms with Crippen molar-refractivity contribution in [2.45, 2.75) is 38.6 Å². The number of carbonyl (C=O) groups is 1. The molecule has 126 valence electrons. The molecule has 6 heteroatoms. The average molecular weight is 343 g/mol. The maximum Gasteiger partial charge on any atom is 0.259 e. The van der Waals surface area contributed by atoms with Gasteiger partial charge in [-0.15, -0.1) is 0 Å². The van der Waals surface area contributed by atoms with E-state index in [0.717, 1.165) is 11.8 Å². The molecule has 1 aromatic heterocycles. The van der Waals surface area contributed by atoms with Gasteiger partial charge in [-0.05, 0) is 74.4 Å². The second-order valence-electron chi connectivity index (χ2n) is 7.27. The van der Waals surface area contributed by atoms with Crippen LogP contribution in [-0.4, -0.2) is 21.9 Å². The summed E-state index contributed by atoms with van der Waals surface area (Å²) in [4.78, 5) is 29.9. The summed E-state index contributed by atoms with van der Waals surface area (Å²) in [6, 6.07) is 5.23. The van der Waals surface area contributed by atoms with Gasteiger partial charge in [0.2, 0.25) is 0 Å². The Kier molecular flexibility index (Phi) is 3.79. The van der Waals surface area contributed by atoms with Crippen molar-refractivity contribution in [1.29, 1.82) is 0 Å². The Bertz CT molecular complexity index is 916. The molecule has 0 saturated heterocycles. The van der Waals surface area contributed by atoms with E-state index in [1.165, 1.54) is 25.7 Å². The van der Waals surface area contributed by atoms with E-state index in [1.807, 2.05) is 0 Å². The number of H-pyrrole nitrogens is 2. The molecule has 2 bridgehead atoms. The van der Waals surface area contributed by atoms with E-state index in [4.69, 9.17) is 12.2 Å². The zero-order chi connectivity index (χ0) is 16.8. The molecular formula is C18H21N3O2S. The van der Waals surface area contributed by atoms with Crippen LogP contribution in [0, 0.1) is 22.5 Å². The van der Waals surface area contributed by atoms with E-state index in [2.05, 4.69) is 22.2 Å². The summed E-state index contributed by atoms with van der Waals surface area (Å²) in [6.07, 6.45) is 5.25. The van der Waals surface area contributed by atoms with Gasteiger partial charge in [-0.2, -0.15) is 0 Å². The fraction of sp³-hybridized carbons (Fsp3) is 0.500. The molecule has 4 atom stereocenters. The monoisotopic (exact) mass is 343 g/mol. The van der Waals surface area contributed by atoms with E-state index < -0.39 is 0 Å². The lowest BCUT2D eigenvalue weighted by atomic mass is 9.84. The van der Waals surface area contributed by atoms with Crippen molar-refractivity contribution in [3.63, 3.8) is 0 Å². The standard InChI is InChI=1S/C18H21N3O2S/c1-9(14-7-10-2-3-11(14)6-10)19-16(22)12-4-5-13-15(8-12)20-18(24)21-17(13)23/h4-5,8-11,14H,2-3,6-7H2,1H3,(H,19,22)(H2,20,21,23,24)/t9-,10+,11+,14+/m1/s1. The summed E-state index contributed by atoms with van der Waals surface area (Å²) >= 11 is 5.00. The molecule has 3 N–H and O–H groups in total. The summed E-state index contributed by atoms with van der Waals surface area (Å²) < 4.78 is 0.264. The molecule has 2 aliphatic rings. The van der Waals surface area contributed by atoms with Crippen LogP contribution in [0.4, 0.5) is 0 Å². The zero-order valence-electron chi connectivity index (χ0n) is 13.6. The van der Waals surface area contributed by atoms with Gasteiger partial charge in [0.1, 0.15) is 0 Å². The summed E-state index contributed by atoms with van der Waals surface area (Å²) in [7, 11) is 0. The molecule has 2 fully saturated rings. The number of carbonyl (C=O) groups excluding carboxylic acids is 1. The third-order valence-corrected chi connectivity index (χ3v) is 6.00. The molecule has 5 nitrogen and oxygen atoms in total. The van der Waals surface area contributed by atoms with Gasteiger partial charge < -0.3 is 10.3 Å². The Labute approximate surface area is 144 Å². The SMILES string of the molecule is C[C@@H](NC(=O)c1ccc2c(=O)[nH]c(=S)[nH]c2c1)[C@@H]1C[C@H]2CC[C@H]1C2. The molecular weight excluding hydrogens is 322 g/mol. The Morgan fingerprint density at radius 3 is 2.83 bits per heavy atom. The maximum atomic E-state index is 12.6. The first kappa shape index (κ1) is 15.6. The lowest BCUT2D eigenvalue weighted by molar-refractivity contribution is 0.0915. The van der Waals surface area contributed by atoms with Crippen molar-refractivity contribution in [3.8, 4) is 0 Å². The highest BCUT2D eigenvalue weighted by molar-refractivity contribution is 7.71. The van der Waals surface area contributed by atoms with Crippen LogP contribution >= 0.6 is 12.2 Å². The van der Waals surface area contributed by atoms with Gasteiger partial charge in [-0.25, -0.2) is 0 Å². The molecule has 1 amide bonds. The minimum absolute atomic E-state index is 0.0910. The minimum Gasteiger partial charge on any atom is -0.349 e. The van der Waals surface area contributed by atoms with Crippen molar-refractivity contribution >= 4 is 29.0 Å². The molecule has 2 saturated carbocycles.